The third-order valence-corrected chi connectivity index (χ3v) is 5.26. The zero-order valence-electron chi connectivity index (χ0n) is 16.2. The van der Waals surface area contributed by atoms with Crippen LogP contribution in [0.2, 0.25) is 0 Å². The van der Waals surface area contributed by atoms with Crippen molar-refractivity contribution in [1.29, 1.82) is 0 Å². The number of carbonyl (C=O) groups excluding carboxylic acids is 3. The lowest BCUT2D eigenvalue weighted by atomic mass is 9.75. The first-order valence-electron chi connectivity index (χ1n) is 9.56. The van der Waals surface area contributed by atoms with Gasteiger partial charge >= 0.3 is 11.9 Å². The fourth-order valence-corrected chi connectivity index (χ4v) is 3.98. The maximum absolute atomic E-state index is 12.3. The van der Waals surface area contributed by atoms with Crippen molar-refractivity contribution < 1.29 is 23.9 Å². The first-order chi connectivity index (χ1) is 14.0. The molecular weight excluding hydrogens is 368 g/mol. The molecule has 0 saturated heterocycles. The number of hydrogen-bond acceptors (Lipinski definition) is 5. The van der Waals surface area contributed by atoms with Crippen molar-refractivity contribution in [2.24, 2.45) is 0 Å². The topological polar surface area (TPSA) is 69.7 Å². The van der Waals surface area contributed by atoms with Crippen LogP contribution in [0.25, 0.3) is 11.1 Å². The molecule has 2 aromatic rings. The lowest BCUT2D eigenvalue weighted by molar-refractivity contribution is -0.110. The average molecular weight is 388 g/mol. The molecule has 0 unspecified atom stereocenters. The normalized spacial score (nSPS) is 15.2. The fourth-order valence-electron chi connectivity index (χ4n) is 3.98. The number of allylic oxidation sites excluding steroid dienone is 4. The Balaban J connectivity index is 1.92. The highest BCUT2D eigenvalue weighted by molar-refractivity contribution is 6.03. The molecule has 29 heavy (non-hydrogen) atoms. The van der Waals surface area contributed by atoms with Gasteiger partial charge in [-0.3, -0.25) is 4.79 Å². The summed E-state index contributed by atoms with van der Waals surface area (Å²) in [4.78, 5) is 36.3. The molecule has 0 aliphatic heterocycles. The Morgan fingerprint density at radius 3 is 1.66 bits per heavy atom. The molecule has 2 aliphatic rings. The zero-order valence-corrected chi connectivity index (χ0v) is 16.2. The van der Waals surface area contributed by atoms with Crippen molar-refractivity contribution in [3.8, 4) is 11.1 Å². The minimum absolute atomic E-state index is 0.0723. The Morgan fingerprint density at radius 2 is 1.24 bits per heavy atom. The Bertz CT molecular complexity index is 1000. The van der Waals surface area contributed by atoms with E-state index in [1.165, 1.54) is 0 Å². The molecule has 0 radical (unpaired) electrons. The van der Waals surface area contributed by atoms with Crippen LogP contribution in [0, 0.1) is 0 Å². The Labute approximate surface area is 168 Å². The summed E-state index contributed by atoms with van der Waals surface area (Å²) in [5.41, 5.74) is 3.83. The van der Waals surface area contributed by atoms with E-state index >= 15 is 0 Å². The van der Waals surface area contributed by atoms with Crippen molar-refractivity contribution in [3.63, 3.8) is 0 Å². The molecule has 2 aliphatic carbocycles. The van der Waals surface area contributed by atoms with Gasteiger partial charge < -0.3 is 9.47 Å². The summed E-state index contributed by atoms with van der Waals surface area (Å²) < 4.78 is 10.3. The molecule has 4 rings (SSSR count). The number of esters is 2. The number of carbonyl (C=O) groups is 3. The fraction of sp³-hybridized carbons (Fsp3) is 0.208. The van der Waals surface area contributed by atoms with Crippen LogP contribution in [-0.2, 0) is 19.7 Å². The highest BCUT2D eigenvalue weighted by atomic mass is 16.5. The molecule has 0 saturated carbocycles. The minimum atomic E-state index is -0.612. The molecule has 0 heterocycles. The van der Waals surface area contributed by atoms with Gasteiger partial charge in [0.2, 0.25) is 0 Å². The van der Waals surface area contributed by atoms with Crippen LogP contribution in [-0.4, -0.2) is 30.9 Å². The van der Waals surface area contributed by atoms with Gasteiger partial charge in [0.05, 0.1) is 29.8 Å². The largest absolute Gasteiger partial charge is 0.462 e. The van der Waals surface area contributed by atoms with E-state index in [1.54, 1.807) is 50.3 Å². The van der Waals surface area contributed by atoms with Crippen LogP contribution in [0.3, 0.4) is 0 Å². The van der Waals surface area contributed by atoms with Gasteiger partial charge in [0.15, 0.2) is 5.78 Å². The molecule has 0 N–H and O–H groups in total. The van der Waals surface area contributed by atoms with Crippen LogP contribution in [0.5, 0.6) is 0 Å². The van der Waals surface area contributed by atoms with Gasteiger partial charge in [-0.25, -0.2) is 9.59 Å². The second-order valence-electron chi connectivity index (χ2n) is 6.90. The number of fused-ring (bicyclic) bond motifs is 5. The van der Waals surface area contributed by atoms with Gasteiger partial charge in [-0.05, 0) is 72.5 Å². The predicted molar refractivity (Wildman–Crippen MR) is 108 cm³/mol. The van der Waals surface area contributed by atoms with Crippen LogP contribution in [0.4, 0.5) is 0 Å². The molecule has 0 aromatic heterocycles. The van der Waals surface area contributed by atoms with Crippen LogP contribution in [0.1, 0.15) is 45.7 Å². The monoisotopic (exact) mass is 388 g/mol. The van der Waals surface area contributed by atoms with Gasteiger partial charge in [-0.2, -0.15) is 0 Å². The smallest absolute Gasteiger partial charge is 0.338 e. The van der Waals surface area contributed by atoms with Gasteiger partial charge in [0.1, 0.15) is 0 Å². The summed E-state index contributed by atoms with van der Waals surface area (Å²) in [5.74, 6) is -0.870. The number of ether oxygens (including phenoxy) is 2. The molecule has 5 heteroatoms. The van der Waals surface area contributed by atoms with Crippen LogP contribution in [0.15, 0.2) is 60.7 Å². The third kappa shape index (κ3) is 2.99. The van der Waals surface area contributed by atoms with Crippen LogP contribution >= 0.6 is 0 Å². The highest BCUT2D eigenvalue weighted by Gasteiger charge is 2.41. The summed E-state index contributed by atoms with van der Waals surface area (Å²) >= 11 is 0. The third-order valence-electron chi connectivity index (χ3n) is 5.26. The SMILES string of the molecule is CCOC(=O)c1ccc2c(c1)-c1cc(C(=O)OCC)ccc1C21C=CC(=O)C=C1. The van der Waals surface area contributed by atoms with E-state index in [2.05, 4.69) is 0 Å². The maximum atomic E-state index is 12.3. The van der Waals surface area contributed by atoms with E-state index in [-0.39, 0.29) is 19.0 Å². The lowest BCUT2D eigenvalue weighted by Crippen LogP contribution is -2.22. The Hall–Kier alpha value is -3.47. The molecule has 1 spiro atoms. The molecule has 2 aromatic carbocycles. The average Bonchev–Trinajstić information content (AvgIpc) is 2.99. The van der Waals surface area contributed by atoms with E-state index < -0.39 is 17.4 Å². The van der Waals surface area contributed by atoms with Crippen LogP contribution < -0.4 is 0 Å². The minimum Gasteiger partial charge on any atom is -0.462 e. The molecule has 146 valence electrons. The van der Waals surface area contributed by atoms with Gasteiger partial charge in [-0.15, -0.1) is 0 Å². The quantitative estimate of drug-likeness (QED) is 0.741. The summed E-state index contributed by atoms with van der Waals surface area (Å²) in [5, 5.41) is 0. The summed E-state index contributed by atoms with van der Waals surface area (Å²) in [6.45, 7) is 4.10. The summed E-state index contributed by atoms with van der Waals surface area (Å²) in [7, 11) is 0. The van der Waals surface area contributed by atoms with E-state index in [0.717, 1.165) is 22.3 Å². The molecule has 0 amide bonds. The molecule has 0 atom stereocenters. The number of hydrogen-bond donors (Lipinski definition) is 0. The van der Waals surface area contributed by atoms with Crippen molar-refractivity contribution in [1.82, 2.24) is 0 Å². The van der Waals surface area contributed by atoms with E-state index in [0.29, 0.717) is 11.1 Å². The molecular formula is C24H20O5. The first-order valence-corrected chi connectivity index (χ1v) is 9.56. The van der Waals surface area contributed by atoms with Crippen molar-refractivity contribution >= 4 is 17.7 Å². The molecule has 0 bridgehead atoms. The van der Waals surface area contributed by atoms with Crippen molar-refractivity contribution in [2.45, 2.75) is 19.3 Å². The number of rotatable bonds is 4. The molecule has 0 fully saturated rings. The number of benzene rings is 2. The van der Waals surface area contributed by atoms with Gasteiger partial charge in [0, 0.05) is 0 Å². The first kappa shape index (κ1) is 18.9. The van der Waals surface area contributed by atoms with Crippen molar-refractivity contribution in [3.05, 3.63) is 83.0 Å². The van der Waals surface area contributed by atoms with E-state index in [4.69, 9.17) is 9.47 Å². The van der Waals surface area contributed by atoms with Gasteiger partial charge in [0.25, 0.3) is 0 Å². The van der Waals surface area contributed by atoms with E-state index in [9.17, 15) is 14.4 Å². The molecule has 5 nitrogen and oxygen atoms in total. The number of ketones is 1. The lowest BCUT2D eigenvalue weighted by Gasteiger charge is -2.26. The maximum Gasteiger partial charge on any atom is 0.338 e. The highest BCUT2D eigenvalue weighted by Crippen LogP contribution is 2.52. The Kier molecular flexibility index (Phi) is 4.66. The Morgan fingerprint density at radius 1 is 0.793 bits per heavy atom. The summed E-state index contributed by atoms with van der Waals surface area (Å²) in [6.07, 6.45) is 6.84. The van der Waals surface area contributed by atoms with Gasteiger partial charge in [-0.1, -0.05) is 24.3 Å². The zero-order chi connectivity index (χ0) is 20.6. The van der Waals surface area contributed by atoms with E-state index in [1.807, 2.05) is 24.3 Å². The predicted octanol–water partition coefficient (Wildman–Crippen LogP) is 4.00. The van der Waals surface area contributed by atoms with Crippen molar-refractivity contribution in [2.75, 3.05) is 13.2 Å². The second-order valence-corrected chi connectivity index (χ2v) is 6.90. The second kappa shape index (κ2) is 7.17. The summed E-state index contributed by atoms with van der Waals surface area (Å²) in [6, 6.07) is 10.8. The standard InChI is InChI=1S/C24H20O5/c1-3-28-22(26)15-5-7-20-18(13-15)19-14-16(23(27)29-4-2)6-8-21(19)24(20)11-9-17(25)10-12-24/h5-14H,3-4H2,1-2H3.